The van der Waals surface area contributed by atoms with Crippen molar-refractivity contribution in [3.05, 3.63) is 46.7 Å². The van der Waals surface area contributed by atoms with E-state index in [9.17, 15) is 14.4 Å². The second kappa shape index (κ2) is 9.70. The van der Waals surface area contributed by atoms with Crippen molar-refractivity contribution in [3.8, 4) is 11.1 Å². The van der Waals surface area contributed by atoms with Crippen LogP contribution < -0.4 is 10.9 Å². The molecule has 1 amide bonds. The van der Waals surface area contributed by atoms with Gasteiger partial charge in [-0.05, 0) is 36.7 Å². The van der Waals surface area contributed by atoms with E-state index in [4.69, 9.17) is 4.42 Å². The van der Waals surface area contributed by atoms with Crippen LogP contribution >= 0.6 is 0 Å². The number of carbonyl (C=O) groups excluding carboxylic acids is 2. The molecule has 0 aliphatic heterocycles. The van der Waals surface area contributed by atoms with Gasteiger partial charge in [0.2, 0.25) is 5.91 Å². The van der Waals surface area contributed by atoms with Crippen LogP contribution in [0.2, 0.25) is 0 Å². The number of Topliss-reactive ketones (excluding diaryl/α,β-unsaturated/α-hetero) is 1. The molecule has 0 spiro atoms. The SMILES string of the molecule is CCCN(CC(=O)CC)Cc1cc2c(=O)n(C)cc(-c3ccnc(NC(C)=O)c3)c2o1. The van der Waals surface area contributed by atoms with E-state index < -0.39 is 0 Å². The molecule has 0 aliphatic carbocycles. The predicted molar refractivity (Wildman–Crippen MR) is 120 cm³/mol. The first-order valence-electron chi connectivity index (χ1n) is 10.4. The summed E-state index contributed by atoms with van der Waals surface area (Å²) in [6.45, 7) is 6.90. The van der Waals surface area contributed by atoms with Crippen molar-refractivity contribution in [1.82, 2.24) is 14.5 Å². The second-order valence-electron chi connectivity index (χ2n) is 7.63. The minimum atomic E-state index is -0.215. The number of hydrogen-bond donors (Lipinski definition) is 1. The van der Waals surface area contributed by atoms with Gasteiger partial charge in [0.25, 0.3) is 5.56 Å². The van der Waals surface area contributed by atoms with Gasteiger partial charge in [-0.1, -0.05) is 13.8 Å². The van der Waals surface area contributed by atoms with Gasteiger partial charge in [0.05, 0.1) is 18.5 Å². The predicted octanol–water partition coefficient (Wildman–Crippen LogP) is 3.34. The molecule has 3 heterocycles. The highest BCUT2D eigenvalue weighted by molar-refractivity contribution is 5.93. The van der Waals surface area contributed by atoms with E-state index in [-0.39, 0.29) is 17.2 Å². The molecule has 164 valence electrons. The Hall–Kier alpha value is -3.26. The van der Waals surface area contributed by atoms with Gasteiger partial charge < -0.3 is 14.3 Å². The fraction of sp³-hybridized carbons (Fsp3) is 0.391. The van der Waals surface area contributed by atoms with E-state index in [0.29, 0.717) is 42.1 Å². The van der Waals surface area contributed by atoms with Crippen LogP contribution in [0.25, 0.3) is 22.1 Å². The number of aromatic nitrogens is 2. The van der Waals surface area contributed by atoms with Crippen LogP contribution in [0.4, 0.5) is 5.82 Å². The molecule has 0 saturated carbocycles. The van der Waals surface area contributed by atoms with Crippen molar-refractivity contribution in [1.29, 1.82) is 0 Å². The lowest BCUT2D eigenvalue weighted by Gasteiger charge is -2.19. The first-order chi connectivity index (χ1) is 14.8. The summed E-state index contributed by atoms with van der Waals surface area (Å²) in [6.07, 6.45) is 4.72. The molecule has 3 aromatic rings. The molecule has 0 atom stereocenters. The van der Waals surface area contributed by atoms with E-state index in [1.165, 1.54) is 11.5 Å². The van der Waals surface area contributed by atoms with E-state index in [2.05, 4.69) is 17.2 Å². The number of carbonyl (C=O) groups is 2. The molecule has 3 rings (SSSR count). The van der Waals surface area contributed by atoms with Gasteiger partial charge in [-0.25, -0.2) is 4.98 Å². The number of fused-ring (bicyclic) bond motifs is 1. The largest absolute Gasteiger partial charge is 0.459 e. The monoisotopic (exact) mass is 424 g/mol. The topological polar surface area (TPSA) is 97.4 Å². The lowest BCUT2D eigenvalue weighted by molar-refractivity contribution is -0.120. The second-order valence-corrected chi connectivity index (χ2v) is 7.63. The Labute approximate surface area is 180 Å². The van der Waals surface area contributed by atoms with Gasteiger partial charge in [0, 0.05) is 38.3 Å². The number of aryl methyl sites for hydroxylation is 1. The third-order valence-corrected chi connectivity index (χ3v) is 4.99. The minimum Gasteiger partial charge on any atom is -0.459 e. The fourth-order valence-corrected chi connectivity index (χ4v) is 3.54. The molecule has 0 unspecified atom stereocenters. The lowest BCUT2D eigenvalue weighted by Crippen LogP contribution is -2.29. The molecule has 8 heteroatoms. The Bertz CT molecular complexity index is 1160. The Morgan fingerprint density at radius 3 is 2.71 bits per heavy atom. The van der Waals surface area contributed by atoms with Crippen molar-refractivity contribution in [2.75, 3.05) is 18.4 Å². The van der Waals surface area contributed by atoms with Crippen LogP contribution in [0.5, 0.6) is 0 Å². The van der Waals surface area contributed by atoms with Crippen molar-refractivity contribution >= 4 is 28.5 Å². The van der Waals surface area contributed by atoms with Crippen LogP contribution in [0.1, 0.15) is 39.4 Å². The Morgan fingerprint density at radius 1 is 1.26 bits per heavy atom. The minimum absolute atomic E-state index is 0.156. The zero-order valence-corrected chi connectivity index (χ0v) is 18.4. The van der Waals surface area contributed by atoms with Crippen molar-refractivity contribution < 1.29 is 14.0 Å². The summed E-state index contributed by atoms with van der Waals surface area (Å²) in [7, 11) is 1.69. The van der Waals surface area contributed by atoms with Gasteiger partial charge in [0.15, 0.2) is 0 Å². The summed E-state index contributed by atoms with van der Waals surface area (Å²) in [5.41, 5.74) is 1.82. The summed E-state index contributed by atoms with van der Waals surface area (Å²) < 4.78 is 7.64. The molecule has 0 radical (unpaired) electrons. The number of pyridine rings is 2. The zero-order chi connectivity index (χ0) is 22.5. The maximum absolute atomic E-state index is 12.7. The van der Waals surface area contributed by atoms with Gasteiger partial charge in [-0.15, -0.1) is 0 Å². The highest BCUT2D eigenvalue weighted by Crippen LogP contribution is 2.30. The number of furan rings is 1. The average molecular weight is 425 g/mol. The van der Waals surface area contributed by atoms with Crippen LogP contribution in [0, 0.1) is 0 Å². The Kier molecular flexibility index (Phi) is 7.02. The molecular weight excluding hydrogens is 396 g/mol. The Morgan fingerprint density at radius 2 is 2.03 bits per heavy atom. The van der Waals surface area contributed by atoms with E-state index in [1.54, 1.807) is 37.6 Å². The summed E-state index contributed by atoms with van der Waals surface area (Å²) in [5.74, 6) is 1.01. The number of ketones is 1. The third-order valence-electron chi connectivity index (χ3n) is 4.99. The molecule has 0 saturated heterocycles. The smallest absolute Gasteiger partial charge is 0.261 e. The summed E-state index contributed by atoms with van der Waals surface area (Å²) in [5, 5.41) is 3.15. The van der Waals surface area contributed by atoms with Gasteiger partial charge in [-0.3, -0.25) is 19.3 Å². The number of anilines is 1. The molecule has 3 aromatic heterocycles. The van der Waals surface area contributed by atoms with Gasteiger partial charge >= 0.3 is 0 Å². The maximum Gasteiger partial charge on any atom is 0.261 e. The number of nitrogens with zero attached hydrogens (tertiary/aromatic N) is 3. The van der Waals surface area contributed by atoms with E-state index in [1.807, 2.05) is 11.8 Å². The molecule has 31 heavy (non-hydrogen) atoms. The summed E-state index contributed by atoms with van der Waals surface area (Å²) >= 11 is 0. The van der Waals surface area contributed by atoms with E-state index >= 15 is 0 Å². The molecule has 8 nitrogen and oxygen atoms in total. The summed E-state index contributed by atoms with van der Waals surface area (Å²) in [6, 6.07) is 5.30. The quantitative estimate of drug-likeness (QED) is 0.566. The normalized spacial score (nSPS) is 11.3. The standard InChI is InChI=1S/C23H28N4O4/c1-5-9-27(12-17(29)6-2)13-18-11-19-22(31-18)20(14-26(4)23(19)30)16-7-8-24-21(10-16)25-15(3)28/h7-8,10-11,14H,5-6,9,12-13H2,1-4H3,(H,24,25,28). The molecule has 0 aromatic carbocycles. The van der Waals surface area contributed by atoms with Crippen LogP contribution in [0.15, 0.2) is 39.8 Å². The van der Waals surface area contributed by atoms with Gasteiger partial charge in [0.1, 0.15) is 22.9 Å². The maximum atomic E-state index is 12.7. The number of amides is 1. The number of hydrogen-bond acceptors (Lipinski definition) is 6. The van der Waals surface area contributed by atoms with Crippen molar-refractivity contribution in [2.45, 2.75) is 40.2 Å². The first-order valence-corrected chi connectivity index (χ1v) is 10.4. The molecular formula is C23H28N4O4. The molecule has 1 N–H and O–H groups in total. The van der Waals surface area contributed by atoms with Crippen LogP contribution in [-0.4, -0.2) is 39.2 Å². The fourth-order valence-electron chi connectivity index (χ4n) is 3.54. The third kappa shape index (κ3) is 5.27. The molecule has 0 aliphatic rings. The van der Waals surface area contributed by atoms with Crippen LogP contribution in [-0.2, 0) is 23.2 Å². The number of nitrogens with one attached hydrogen (secondary N) is 1. The zero-order valence-electron chi connectivity index (χ0n) is 18.4. The Balaban J connectivity index is 2.04. The van der Waals surface area contributed by atoms with Gasteiger partial charge in [-0.2, -0.15) is 0 Å². The van der Waals surface area contributed by atoms with Crippen LogP contribution in [0.3, 0.4) is 0 Å². The number of rotatable bonds is 9. The summed E-state index contributed by atoms with van der Waals surface area (Å²) in [4.78, 5) is 42.3. The molecule has 0 fully saturated rings. The molecule has 0 bridgehead atoms. The lowest BCUT2D eigenvalue weighted by atomic mass is 10.1. The van der Waals surface area contributed by atoms with E-state index in [0.717, 1.165) is 24.1 Å². The highest BCUT2D eigenvalue weighted by Gasteiger charge is 2.18. The van der Waals surface area contributed by atoms with Crippen molar-refractivity contribution in [2.24, 2.45) is 7.05 Å². The first kappa shape index (κ1) is 22.4. The van der Waals surface area contributed by atoms with Crippen molar-refractivity contribution in [3.63, 3.8) is 0 Å². The highest BCUT2D eigenvalue weighted by atomic mass is 16.3. The average Bonchev–Trinajstić information content (AvgIpc) is 3.14.